The minimum atomic E-state index is 0.551. The molecule has 2 fully saturated rings. The van der Waals surface area contributed by atoms with Crippen LogP contribution in [-0.2, 0) is 0 Å². The van der Waals surface area contributed by atoms with E-state index in [9.17, 15) is 0 Å². The minimum absolute atomic E-state index is 0.551. The maximum atomic E-state index is 5.55. The van der Waals surface area contributed by atoms with Crippen LogP contribution in [-0.4, -0.2) is 54.6 Å². The Morgan fingerprint density at radius 1 is 1.21 bits per heavy atom. The van der Waals surface area contributed by atoms with Gasteiger partial charge >= 0.3 is 0 Å². The van der Waals surface area contributed by atoms with Crippen LogP contribution >= 0.6 is 11.8 Å². The number of rotatable bonds is 4. The van der Waals surface area contributed by atoms with Crippen LogP contribution in [0, 0.1) is 0 Å². The monoisotopic (exact) mass is 285 g/mol. The zero-order valence-electron chi connectivity index (χ0n) is 11.7. The summed E-state index contributed by atoms with van der Waals surface area (Å²) in [5.74, 6) is 8.82. The standard InChI is InChI=1S/C13H27N5S/c14-17-13(16-12-4-2-1-3-5-12)15-6-7-18-8-10-19-11-9-18/h12H,1-11,14H2,(H2,15,16,17). The van der Waals surface area contributed by atoms with Gasteiger partial charge in [-0.3, -0.25) is 15.3 Å². The molecule has 4 N–H and O–H groups in total. The Kier molecular flexibility index (Phi) is 6.81. The van der Waals surface area contributed by atoms with Crippen molar-refractivity contribution in [3.63, 3.8) is 0 Å². The molecule has 2 rings (SSSR count). The van der Waals surface area contributed by atoms with Gasteiger partial charge in [0.2, 0.25) is 5.96 Å². The number of guanidine groups is 1. The van der Waals surface area contributed by atoms with Gasteiger partial charge in [0.25, 0.3) is 0 Å². The third-order valence-electron chi connectivity index (χ3n) is 3.87. The zero-order chi connectivity index (χ0) is 13.3. The Hall–Kier alpha value is -0.460. The summed E-state index contributed by atoms with van der Waals surface area (Å²) in [5, 5.41) is 3.43. The van der Waals surface area contributed by atoms with Gasteiger partial charge in [-0.1, -0.05) is 19.3 Å². The van der Waals surface area contributed by atoms with Gasteiger partial charge in [0.15, 0.2) is 0 Å². The van der Waals surface area contributed by atoms with Crippen molar-refractivity contribution in [3.05, 3.63) is 0 Å². The quantitative estimate of drug-likeness (QED) is 0.308. The first-order chi connectivity index (χ1) is 9.38. The van der Waals surface area contributed by atoms with Crippen LogP contribution in [0.4, 0.5) is 0 Å². The molecule has 19 heavy (non-hydrogen) atoms. The van der Waals surface area contributed by atoms with Gasteiger partial charge in [-0.2, -0.15) is 11.8 Å². The first-order valence-electron chi connectivity index (χ1n) is 7.46. The van der Waals surface area contributed by atoms with Crippen molar-refractivity contribution >= 4 is 17.7 Å². The molecule has 1 saturated heterocycles. The van der Waals surface area contributed by atoms with Crippen LogP contribution in [0.15, 0.2) is 4.99 Å². The molecule has 1 saturated carbocycles. The van der Waals surface area contributed by atoms with Crippen LogP contribution in [0.2, 0.25) is 0 Å². The second-order valence-electron chi connectivity index (χ2n) is 5.31. The third-order valence-corrected chi connectivity index (χ3v) is 4.82. The average Bonchev–Trinajstić information content (AvgIpc) is 2.48. The first-order valence-corrected chi connectivity index (χ1v) is 8.61. The van der Waals surface area contributed by atoms with E-state index in [1.54, 1.807) is 0 Å². The lowest BCUT2D eigenvalue weighted by molar-refractivity contribution is 0.311. The smallest absolute Gasteiger partial charge is 0.205 e. The van der Waals surface area contributed by atoms with Crippen LogP contribution < -0.4 is 16.6 Å². The summed E-state index contributed by atoms with van der Waals surface area (Å²) in [6.45, 7) is 4.26. The molecule has 1 heterocycles. The van der Waals surface area contributed by atoms with E-state index in [1.807, 2.05) is 11.8 Å². The van der Waals surface area contributed by atoms with E-state index < -0.39 is 0 Å². The summed E-state index contributed by atoms with van der Waals surface area (Å²) in [5.41, 5.74) is 2.70. The fraction of sp³-hybridized carbons (Fsp3) is 0.923. The normalized spacial score (nSPS) is 23.3. The topological polar surface area (TPSA) is 65.7 Å². The average molecular weight is 285 g/mol. The lowest BCUT2D eigenvalue weighted by Crippen LogP contribution is -2.47. The number of hydrogen-bond acceptors (Lipinski definition) is 4. The summed E-state index contributed by atoms with van der Waals surface area (Å²) >= 11 is 2.04. The number of nitrogens with two attached hydrogens (primary N) is 1. The highest BCUT2D eigenvalue weighted by molar-refractivity contribution is 7.99. The zero-order valence-corrected chi connectivity index (χ0v) is 12.6. The Morgan fingerprint density at radius 2 is 1.95 bits per heavy atom. The van der Waals surface area contributed by atoms with Gasteiger partial charge in [-0.05, 0) is 12.8 Å². The maximum Gasteiger partial charge on any atom is 0.205 e. The van der Waals surface area contributed by atoms with Gasteiger partial charge in [0, 0.05) is 37.2 Å². The van der Waals surface area contributed by atoms with Crippen LogP contribution in [0.1, 0.15) is 32.1 Å². The summed E-state index contributed by atoms with van der Waals surface area (Å²) in [6, 6.07) is 0.551. The first kappa shape index (κ1) is 14.9. The number of thioether (sulfide) groups is 1. The lowest BCUT2D eigenvalue weighted by Gasteiger charge is -2.26. The molecule has 0 aromatic carbocycles. The second-order valence-corrected chi connectivity index (χ2v) is 6.53. The third kappa shape index (κ3) is 5.58. The van der Waals surface area contributed by atoms with E-state index in [2.05, 4.69) is 20.6 Å². The Bertz CT molecular complexity index is 272. The fourth-order valence-electron chi connectivity index (χ4n) is 2.70. The number of aliphatic imine (C=N–C) groups is 1. The molecular weight excluding hydrogens is 258 g/mol. The van der Waals surface area contributed by atoms with Crippen molar-refractivity contribution < 1.29 is 0 Å². The van der Waals surface area contributed by atoms with Crippen molar-refractivity contribution in [2.45, 2.75) is 38.1 Å². The van der Waals surface area contributed by atoms with E-state index in [-0.39, 0.29) is 0 Å². The Balaban J connectivity index is 1.68. The molecule has 5 nitrogen and oxygen atoms in total. The molecule has 0 aromatic rings. The van der Waals surface area contributed by atoms with Gasteiger partial charge < -0.3 is 5.32 Å². The highest BCUT2D eigenvalue weighted by Gasteiger charge is 2.14. The highest BCUT2D eigenvalue weighted by Crippen LogP contribution is 2.17. The van der Waals surface area contributed by atoms with Gasteiger partial charge in [0.1, 0.15) is 0 Å². The largest absolute Gasteiger partial charge is 0.353 e. The van der Waals surface area contributed by atoms with E-state index in [4.69, 9.17) is 5.84 Å². The van der Waals surface area contributed by atoms with E-state index in [0.717, 1.165) is 19.0 Å². The van der Waals surface area contributed by atoms with E-state index in [1.165, 1.54) is 56.7 Å². The van der Waals surface area contributed by atoms with E-state index in [0.29, 0.717) is 6.04 Å². The Morgan fingerprint density at radius 3 is 2.63 bits per heavy atom. The molecule has 0 atom stereocenters. The minimum Gasteiger partial charge on any atom is -0.353 e. The predicted molar refractivity (Wildman–Crippen MR) is 83.4 cm³/mol. The van der Waals surface area contributed by atoms with Crippen molar-refractivity contribution in [2.75, 3.05) is 37.7 Å². The van der Waals surface area contributed by atoms with Crippen molar-refractivity contribution in [2.24, 2.45) is 10.8 Å². The molecule has 1 aliphatic carbocycles. The Labute approximate surface area is 120 Å². The molecule has 1 aliphatic heterocycles. The van der Waals surface area contributed by atoms with Gasteiger partial charge in [0.05, 0.1) is 6.54 Å². The fourth-order valence-corrected chi connectivity index (χ4v) is 3.68. The van der Waals surface area contributed by atoms with Crippen molar-refractivity contribution in [3.8, 4) is 0 Å². The lowest BCUT2D eigenvalue weighted by atomic mass is 9.96. The van der Waals surface area contributed by atoms with Crippen LogP contribution in [0.5, 0.6) is 0 Å². The highest BCUT2D eigenvalue weighted by atomic mass is 32.2. The summed E-state index contributed by atoms with van der Waals surface area (Å²) in [6.07, 6.45) is 6.49. The summed E-state index contributed by atoms with van der Waals surface area (Å²) < 4.78 is 0. The molecule has 0 unspecified atom stereocenters. The molecule has 6 heteroatoms. The molecule has 0 amide bonds. The van der Waals surface area contributed by atoms with Crippen molar-refractivity contribution in [1.82, 2.24) is 15.6 Å². The molecule has 2 aliphatic rings. The van der Waals surface area contributed by atoms with Crippen molar-refractivity contribution in [1.29, 1.82) is 0 Å². The maximum absolute atomic E-state index is 5.55. The SMILES string of the molecule is NNC(=NCCN1CCSCC1)NC1CCCCC1. The molecule has 0 spiro atoms. The summed E-state index contributed by atoms with van der Waals surface area (Å²) in [4.78, 5) is 7.03. The number of hydrogen-bond donors (Lipinski definition) is 3. The van der Waals surface area contributed by atoms with E-state index >= 15 is 0 Å². The van der Waals surface area contributed by atoms with Gasteiger partial charge in [-0.15, -0.1) is 0 Å². The molecule has 110 valence electrons. The predicted octanol–water partition coefficient (Wildman–Crippen LogP) is 0.777. The van der Waals surface area contributed by atoms with Gasteiger partial charge in [-0.25, -0.2) is 5.84 Å². The number of nitrogens with zero attached hydrogens (tertiary/aromatic N) is 2. The molecule has 0 bridgehead atoms. The number of hydrazine groups is 1. The number of nitrogens with one attached hydrogen (secondary N) is 2. The summed E-state index contributed by atoms with van der Waals surface area (Å²) in [7, 11) is 0. The van der Waals surface area contributed by atoms with Crippen LogP contribution in [0.3, 0.4) is 0 Å². The molecule has 0 aromatic heterocycles. The molecular formula is C13H27N5S. The second kappa shape index (κ2) is 8.66. The molecule has 0 radical (unpaired) electrons. The van der Waals surface area contributed by atoms with Crippen LogP contribution in [0.25, 0.3) is 0 Å².